The average molecular weight is 443 g/mol. The molecule has 0 saturated carbocycles. The lowest BCUT2D eigenvalue weighted by molar-refractivity contribution is -0.144. The number of hydrogen-bond acceptors (Lipinski definition) is 5. The second-order valence-corrected chi connectivity index (χ2v) is 7.21. The van der Waals surface area contributed by atoms with Crippen LogP contribution in [0.3, 0.4) is 0 Å². The van der Waals surface area contributed by atoms with E-state index in [0.717, 1.165) is 16.6 Å². The van der Waals surface area contributed by atoms with Crippen LogP contribution < -0.4 is 4.90 Å². The Morgan fingerprint density at radius 3 is 2.43 bits per heavy atom. The first-order valence-electron chi connectivity index (χ1n) is 8.94. The summed E-state index contributed by atoms with van der Waals surface area (Å²) in [5.74, 6) is -1.87. The third kappa shape index (κ3) is 3.76. The lowest BCUT2D eigenvalue weighted by atomic mass is 10.1. The number of carbonyl (C=O) groups is 1. The van der Waals surface area contributed by atoms with Crippen LogP contribution in [0.25, 0.3) is 5.78 Å². The summed E-state index contributed by atoms with van der Waals surface area (Å²) in [7, 11) is 0. The minimum Gasteiger partial charge on any atom is -0.353 e. The van der Waals surface area contributed by atoms with Crippen LogP contribution in [0.5, 0.6) is 0 Å². The van der Waals surface area contributed by atoms with Crippen LogP contribution >= 0.6 is 11.6 Å². The maximum absolute atomic E-state index is 13.2. The summed E-state index contributed by atoms with van der Waals surface area (Å²) in [6.07, 6.45) is -4.68. The van der Waals surface area contributed by atoms with E-state index in [9.17, 15) is 22.4 Å². The summed E-state index contributed by atoms with van der Waals surface area (Å²) in [6, 6.07) is 5.19. The Labute approximate surface area is 172 Å². The minimum atomic E-state index is -4.68. The fraction of sp³-hybridized carbons (Fsp3) is 0.333. The average Bonchev–Trinajstić information content (AvgIpc) is 3.11. The third-order valence-electron chi connectivity index (χ3n) is 4.73. The molecule has 2 aromatic heterocycles. The Morgan fingerprint density at radius 2 is 1.80 bits per heavy atom. The number of carbonyl (C=O) groups excluding carboxylic acids is 1. The predicted octanol–water partition coefficient (Wildman–Crippen LogP) is 3.21. The first kappa shape index (κ1) is 20.3. The van der Waals surface area contributed by atoms with Crippen molar-refractivity contribution in [1.82, 2.24) is 24.5 Å². The van der Waals surface area contributed by atoms with E-state index >= 15 is 0 Å². The van der Waals surface area contributed by atoms with E-state index in [1.54, 1.807) is 17.9 Å². The first-order valence-corrected chi connectivity index (χ1v) is 9.32. The molecule has 0 radical (unpaired) electrons. The van der Waals surface area contributed by atoms with Crippen molar-refractivity contribution in [1.29, 1.82) is 0 Å². The molecule has 1 aromatic carbocycles. The highest BCUT2D eigenvalue weighted by Crippen LogP contribution is 2.28. The Bertz CT molecular complexity index is 1120. The van der Waals surface area contributed by atoms with Gasteiger partial charge >= 0.3 is 6.18 Å². The molecule has 7 nitrogen and oxygen atoms in total. The van der Waals surface area contributed by atoms with Gasteiger partial charge in [-0.3, -0.25) is 4.79 Å². The molecule has 0 unspecified atom stereocenters. The molecule has 3 aromatic rings. The van der Waals surface area contributed by atoms with Crippen LogP contribution in [0.4, 0.5) is 23.4 Å². The highest BCUT2D eigenvalue weighted by Gasteiger charge is 2.37. The summed E-state index contributed by atoms with van der Waals surface area (Å²) in [5, 5.41) is 3.59. The van der Waals surface area contributed by atoms with Crippen molar-refractivity contribution in [2.45, 2.75) is 13.1 Å². The molecule has 1 saturated heterocycles. The minimum absolute atomic E-state index is 0.0243. The van der Waals surface area contributed by atoms with Crippen molar-refractivity contribution in [3.05, 3.63) is 52.2 Å². The fourth-order valence-electron chi connectivity index (χ4n) is 3.29. The zero-order valence-electron chi connectivity index (χ0n) is 15.6. The number of hydrogen-bond donors (Lipinski definition) is 0. The van der Waals surface area contributed by atoms with Gasteiger partial charge in [0.05, 0.1) is 10.6 Å². The van der Waals surface area contributed by atoms with E-state index in [2.05, 4.69) is 15.1 Å². The summed E-state index contributed by atoms with van der Waals surface area (Å²) in [5.41, 5.74) is 0.690. The van der Waals surface area contributed by atoms with Gasteiger partial charge in [0.2, 0.25) is 0 Å². The maximum Gasteiger partial charge on any atom is 0.453 e. The second-order valence-electron chi connectivity index (χ2n) is 6.80. The van der Waals surface area contributed by atoms with Gasteiger partial charge in [0.15, 0.2) is 0 Å². The molecule has 158 valence electrons. The first-order chi connectivity index (χ1) is 14.1. The zero-order chi connectivity index (χ0) is 21.6. The summed E-state index contributed by atoms with van der Waals surface area (Å²) >= 11 is 5.97. The molecule has 1 amide bonds. The molecule has 0 aliphatic carbocycles. The molecule has 3 heterocycles. The SMILES string of the molecule is Cc1cc(N2CCN(C(=O)c3ccc(F)cc3Cl)CC2)n2nc(C(F)(F)F)nc2n1. The smallest absolute Gasteiger partial charge is 0.353 e. The molecule has 4 rings (SSSR count). The van der Waals surface area contributed by atoms with E-state index < -0.39 is 17.8 Å². The standard InChI is InChI=1S/C18H15ClF4N6O/c1-10-8-14(29-17(24-10)25-16(26-29)18(21,22)23)27-4-6-28(7-5-27)15(30)12-3-2-11(20)9-13(12)19/h2-3,8-9H,4-7H2,1H3. The number of fused-ring (bicyclic) bond motifs is 1. The highest BCUT2D eigenvalue weighted by atomic mass is 35.5. The van der Waals surface area contributed by atoms with Crippen molar-refractivity contribution in [2.24, 2.45) is 0 Å². The number of aromatic nitrogens is 4. The number of piperazine rings is 1. The second kappa shape index (κ2) is 7.38. The molecule has 12 heteroatoms. The predicted molar refractivity (Wildman–Crippen MR) is 100 cm³/mol. The van der Waals surface area contributed by atoms with Crippen molar-refractivity contribution in [2.75, 3.05) is 31.1 Å². The number of amides is 1. The number of aryl methyl sites for hydroxylation is 1. The molecule has 1 aliphatic heterocycles. The van der Waals surface area contributed by atoms with Gasteiger partial charge in [0, 0.05) is 37.9 Å². The van der Waals surface area contributed by atoms with Crippen LogP contribution in [0.15, 0.2) is 24.3 Å². The van der Waals surface area contributed by atoms with Crippen LogP contribution in [-0.4, -0.2) is 56.6 Å². The monoisotopic (exact) mass is 442 g/mol. The number of rotatable bonds is 2. The van der Waals surface area contributed by atoms with Crippen molar-refractivity contribution in [3.63, 3.8) is 0 Å². The molecule has 0 bridgehead atoms. The molecular weight excluding hydrogens is 428 g/mol. The Morgan fingerprint density at radius 1 is 1.10 bits per heavy atom. The highest BCUT2D eigenvalue weighted by molar-refractivity contribution is 6.33. The number of nitrogens with zero attached hydrogens (tertiary/aromatic N) is 6. The van der Waals surface area contributed by atoms with E-state index in [1.165, 1.54) is 6.07 Å². The van der Waals surface area contributed by atoms with Crippen LogP contribution in [-0.2, 0) is 6.18 Å². The number of benzene rings is 1. The maximum atomic E-state index is 13.2. The van der Waals surface area contributed by atoms with Gasteiger partial charge < -0.3 is 9.80 Å². The van der Waals surface area contributed by atoms with Crippen molar-refractivity contribution in [3.8, 4) is 0 Å². The molecule has 30 heavy (non-hydrogen) atoms. The van der Waals surface area contributed by atoms with Gasteiger partial charge in [-0.1, -0.05) is 11.6 Å². The summed E-state index contributed by atoms with van der Waals surface area (Å²) < 4.78 is 53.3. The number of anilines is 1. The van der Waals surface area contributed by atoms with Crippen LogP contribution in [0.2, 0.25) is 5.02 Å². The third-order valence-corrected chi connectivity index (χ3v) is 5.04. The van der Waals surface area contributed by atoms with Crippen molar-refractivity contribution >= 4 is 29.1 Å². The van der Waals surface area contributed by atoms with Gasteiger partial charge in [-0.25, -0.2) is 9.37 Å². The zero-order valence-corrected chi connectivity index (χ0v) is 16.4. The normalized spacial score (nSPS) is 15.1. The van der Waals surface area contributed by atoms with Gasteiger partial charge in [-0.05, 0) is 25.1 Å². The van der Waals surface area contributed by atoms with E-state index in [1.807, 2.05) is 4.90 Å². The Kier molecular flexibility index (Phi) is 5.00. The molecule has 1 aliphatic rings. The molecule has 0 spiro atoms. The lowest BCUT2D eigenvalue weighted by Crippen LogP contribution is -2.49. The van der Waals surface area contributed by atoms with Gasteiger partial charge in [0.1, 0.15) is 11.6 Å². The lowest BCUT2D eigenvalue weighted by Gasteiger charge is -2.36. The number of halogens is 5. The van der Waals surface area contributed by atoms with Gasteiger partial charge in [-0.15, -0.1) is 5.10 Å². The quantitative estimate of drug-likeness (QED) is 0.570. The number of alkyl halides is 3. The molecule has 0 N–H and O–H groups in total. The van der Waals surface area contributed by atoms with Crippen LogP contribution in [0, 0.1) is 12.7 Å². The molecular formula is C18H15ClF4N6O. The molecule has 0 atom stereocenters. The fourth-order valence-corrected chi connectivity index (χ4v) is 3.53. The largest absolute Gasteiger partial charge is 0.453 e. The summed E-state index contributed by atoms with van der Waals surface area (Å²) in [4.78, 5) is 23.6. The van der Waals surface area contributed by atoms with Gasteiger partial charge in [0.25, 0.3) is 17.5 Å². The topological polar surface area (TPSA) is 66.6 Å². The summed E-state index contributed by atoms with van der Waals surface area (Å²) in [6.45, 7) is 2.96. The van der Waals surface area contributed by atoms with Crippen molar-refractivity contribution < 1.29 is 22.4 Å². The van der Waals surface area contributed by atoms with Crippen LogP contribution in [0.1, 0.15) is 21.9 Å². The van der Waals surface area contributed by atoms with E-state index in [4.69, 9.17) is 11.6 Å². The Balaban J connectivity index is 1.56. The van der Waals surface area contributed by atoms with E-state index in [0.29, 0.717) is 37.7 Å². The molecule has 1 fully saturated rings. The van der Waals surface area contributed by atoms with E-state index in [-0.39, 0.29) is 22.3 Å². The van der Waals surface area contributed by atoms with Gasteiger partial charge in [-0.2, -0.15) is 22.7 Å². The Hall–Kier alpha value is -2.95.